The van der Waals surface area contributed by atoms with Gasteiger partial charge in [0.2, 0.25) is 0 Å². The van der Waals surface area contributed by atoms with Crippen molar-refractivity contribution in [3.8, 4) is 16.9 Å². The largest absolute Gasteiger partial charge is 0.497 e. The molecule has 0 aliphatic rings. The average molecular weight is 231 g/mol. The lowest BCUT2D eigenvalue weighted by Crippen LogP contribution is -2.06. The van der Waals surface area contributed by atoms with Crippen molar-refractivity contribution in [3.63, 3.8) is 0 Å². The molecule has 2 aromatic rings. The first kappa shape index (κ1) is 11.5. The van der Waals surface area contributed by atoms with Crippen LogP contribution in [0.4, 0.5) is 5.82 Å². The predicted molar refractivity (Wildman–Crippen MR) is 69.0 cm³/mol. The Labute approximate surface area is 101 Å². The smallest absolute Gasteiger partial charge is 0.129 e. The molecule has 0 saturated carbocycles. The number of ether oxygens (including phenoxy) is 1. The van der Waals surface area contributed by atoms with E-state index in [4.69, 9.17) is 10.5 Å². The Kier molecular flexibility index (Phi) is 3.04. The minimum absolute atomic E-state index is 0.266. The third kappa shape index (κ3) is 2.11. The van der Waals surface area contributed by atoms with Crippen molar-refractivity contribution in [2.24, 2.45) is 0 Å². The van der Waals surface area contributed by atoms with Crippen LogP contribution >= 0.6 is 0 Å². The van der Waals surface area contributed by atoms with Gasteiger partial charge in [0.15, 0.2) is 0 Å². The number of methoxy groups -OCH3 is 1. The molecule has 0 bridgehead atoms. The molecule has 0 atom stereocenters. The molecule has 0 radical (unpaired) electrons. The number of benzene rings is 1. The highest BCUT2D eigenvalue weighted by atomic mass is 16.5. The molecule has 0 aliphatic heterocycles. The van der Waals surface area contributed by atoms with Gasteiger partial charge in [-0.2, -0.15) is 5.10 Å². The lowest BCUT2D eigenvalue weighted by atomic mass is 10.1. The lowest BCUT2D eigenvalue weighted by molar-refractivity contribution is 0.415. The molecule has 1 heterocycles. The van der Waals surface area contributed by atoms with Gasteiger partial charge in [-0.1, -0.05) is 12.1 Å². The standard InChI is InChI=1S/C13H17N3O/c1-9(2)16-13(14)12(8-15-16)10-4-6-11(17-3)7-5-10/h4-9H,14H2,1-3H3. The predicted octanol–water partition coefficient (Wildman–Crippen LogP) is 2.72. The molecule has 0 saturated heterocycles. The summed E-state index contributed by atoms with van der Waals surface area (Å²) in [6, 6.07) is 8.07. The van der Waals surface area contributed by atoms with Gasteiger partial charge in [0, 0.05) is 11.6 Å². The summed E-state index contributed by atoms with van der Waals surface area (Å²) in [5.41, 5.74) is 8.09. The number of hydrogen-bond donors (Lipinski definition) is 1. The zero-order chi connectivity index (χ0) is 12.4. The van der Waals surface area contributed by atoms with Crippen molar-refractivity contribution in [2.75, 3.05) is 12.8 Å². The second-order valence-corrected chi connectivity index (χ2v) is 4.21. The zero-order valence-corrected chi connectivity index (χ0v) is 10.3. The normalized spacial score (nSPS) is 10.8. The number of nitrogens with zero attached hydrogens (tertiary/aromatic N) is 2. The monoisotopic (exact) mass is 231 g/mol. The van der Waals surface area contributed by atoms with Crippen LogP contribution in [0.15, 0.2) is 30.5 Å². The van der Waals surface area contributed by atoms with Crippen LogP contribution in [0, 0.1) is 0 Å². The van der Waals surface area contributed by atoms with E-state index < -0.39 is 0 Å². The molecule has 4 nitrogen and oxygen atoms in total. The quantitative estimate of drug-likeness (QED) is 0.883. The molecule has 2 rings (SSSR count). The van der Waals surface area contributed by atoms with Gasteiger partial charge in [0.1, 0.15) is 11.6 Å². The van der Waals surface area contributed by atoms with Crippen LogP contribution in [0.5, 0.6) is 5.75 Å². The van der Waals surface area contributed by atoms with Crippen LogP contribution in [-0.4, -0.2) is 16.9 Å². The summed E-state index contributed by atoms with van der Waals surface area (Å²) in [6.07, 6.45) is 1.80. The number of nitrogen functional groups attached to an aromatic ring is 1. The Morgan fingerprint density at radius 1 is 1.24 bits per heavy atom. The first-order valence-electron chi connectivity index (χ1n) is 5.61. The molecule has 17 heavy (non-hydrogen) atoms. The molecule has 0 amide bonds. The van der Waals surface area contributed by atoms with Gasteiger partial charge in [-0.3, -0.25) is 0 Å². The molecule has 1 aromatic heterocycles. The summed E-state index contributed by atoms with van der Waals surface area (Å²) in [5, 5.41) is 4.29. The summed E-state index contributed by atoms with van der Waals surface area (Å²) < 4.78 is 6.95. The van der Waals surface area contributed by atoms with E-state index in [0.29, 0.717) is 5.82 Å². The molecule has 0 unspecified atom stereocenters. The summed E-state index contributed by atoms with van der Waals surface area (Å²) in [4.78, 5) is 0. The first-order chi connectivity index (χ1) is 8.13. The van der Waals surface area contributed by atoms with Crippen molar-refractivity contribution in [1.29, 1.82) is 0 Å². The Hall–Kier alpha value is -1.97. The van der Waals surface area contributed by atoms with E-state index >= 15 is 0 Å². The van der Waals surface area contributed by atoms with Crippen LogP contribution in [0.2, 0.25) is 0 Å². The van der Waals surface area contributed by atoms with Crippen LogP contribution < -0.4 is 10.5 Å². The van der Waals surface area contributed by atoms with Gasteiger partial charge in [-0.15, -0.1) is 0 Å². The van der Waals surface area contributed by atoms with Gasteiger partial charge in [0.25, 0.3) is 0 Å². The van der Waals surface area contributed by atoms with E-state index in [-0.39, 0.29) is 6.04 Å². The third-order valence-electron chi connectivity index (χ3n) is 2.72. The fourth-order valence-corrected chi connectivity index (χ4v) is 1.78. The number of aromatic nitrogens is 2. The molecule has 4 heteroatoms. The van der Waals surface area contributed by atoms with Gasteiger partial charge in [-0.25, -0.2) is 4.68 Å². The first-order valence-corrected chi connectivity index (χ1v) is 5.61. The van der Waals surface area contributed by atoms with Crippen molar-refractivity contribution in [3.05, 3.63) is 30.5 Å². The Morgan fingerprint density at radius 3 is 2.35 bits per heavy atom. The van der Waals surface area contributed by atoms with E-state index in [9.17, 15) is 0 Å². The van der Waals surface area contributed by atoms with Crippen molar-refractivity contribution in [2.45, 2.75) is 19.9 Å². The maximum Gasteiger partial charge on any atom is 0.129 e. The highest BCUT2D eigenvalue weighted by molar-refractivity contribution is 5.73. The van der Waals surface area contributed by atoms with Gasteiger partial charge in [0.05, 0.1) is 13.3 Å². The molecule has 0 fully saturated rings. The fraction of sp³-hybridized carbons (Fsp3) is 0.308. The van der Waals surface area contributed by atoms with Gasteiger partial charge in [-0.05, 0) is 31.5 Å². The number of rotatable bonds is 3. The van der Waals surface area contributed by atoms with Crippen molar-refractivity contribution in [1.82, 2.24) is 9.78 Å². The minimum Gasteiger partial charge on any atom is -0.497 e. The molecule has 1 aromatic carbocycles. The average Bonchev–Trinajstić information content (AvgIpc) is 2.71. The highest BCUT2D eigenvalue weighted by Crippen LogP contribution is 2.28. The second-order valence-electron chi connectivity index (χ2n) is 4.21. The SMILES string of the molecule is COc1ccc(-c2cnn(C(C)C)c2N)cc1. The molecular formula is C13H17N3O. The van der Waals surface area contributed by atoms with Crippen LogP contribution in [-0.2, 0) is 0 Å². The molecule has 0 aliphatic carbocycles. The topological polar surface area (TPSA) is 53.1 Å². The number of nitrogens with two attached hydrogens (primary N) is 1. The molecule has 0 spiro atoms. The summed E-state index contributed by atoms with van der Waals surface area (Å²) in [6.45, 7) is 4.11. The maximum absolute atomic E-state index is 6.08. The molecule has 90 valence electrons. The Bertz CT molecular complexity index is 500. The van der Waals surface area contributed by atoms with Crippen molar-refractivity contribution < 1.29 is 4.74 Å². The van der Waals surface area contributed by atoms with Crippen LogP contribution in [0.25, 0.3) is 11.1 Å². The second kappa shape index (κ2) is 4.49. The zero-order valence-electron chi connectivity index (χ0n) is 10.3. The molecule has 2 N–H and O–H groups in total. The Morgan fingerprint density at radius 2 is 1.88 bits per heavy atom. The summed E-state index contributed by atoms with van der Waals surface area (Å²) in [7, 11) is 1.65. The number of anilines is 1. The third-order valence-corrected chi connectivity index (χ3v) is 2.72. The van der Waals surface area contributed by atoms with E-state index in [1.165, 1.54) is 0 Å². The fourth-order valence-electron chi connectivity index (χ4n) is 1.78. The van der Waals surface area contributed by atoms with E-state index in [1.807, 2.05) is 28.9 Å². The maximum atomic E-state index is 6.08. The lowest BCUT2D eigenvalue weighted by Gasteiger charge is -2.08. The summed E-state index contributed by atoms with van der Waals surface area (Å²) >= 11 is 0. The van der Waals surface area contributed by atoms with Crippen LogP contribution in [0.3, 0.4) is 0 Å². The van der Waals surface area contributed by atoms with Gasteiger partial charge < -0.3 is 10.5 Å². The minimum atomic E-state index is 0.266. The number of hydrogen-bond acceptors (Lipinski definition) is 3. The van der Waals surface area contributed by atoms with Gasteiger partial charge >= 0.3 is 0 Å². The molecular weight excluding hydrogens is 214 g/mol. The Balaban J connectivity index is 2.39. The van der Waals surface area contributed by atoms with Crippen molar-refractivity contribution >= 4 is 5.82 Å². The van der Waals surface area contributed by atoms with E-state index in [1.54, 1.807) is 13.3 Å². The highest BCUT2D eigenvalue weighted by Gasteiger charge is 2.11. The van der Waals surface area contributed by atoms with E-state index in [2.05, 4.69) is 18.9 Å². The summed E-state index contributed by atoms with van der Waals surface area (Å²) in [5.74, 6) is 1.54. The van der Waals surface area contributed by atoms with Crippen LogP contribution in [0.1, 0.15) is 19.9 Å². The van der Waals surface area contributed by atoms with E-state index in [0.717, 1.165) is 16.9 Å².